The van der Waals surface area contributed by atoms with Crippen molar-refractivity contribution < 1.29 is 0 Å². The lowest BCUT2D eigenvalue weighted by molar-refractivity contribution is 1.31. The first-order valence-corrected chi connectivity index (χ1v) is 10.9. The van der Waals surface area contributed by atoms with E-state index in [1.54, 1.807) is 0 Å². The van der Waals surface area contributed by atoms with E-state index in [9.17, 15) is 0 Å². The third-order valence-electron chi connectivity index (χ3n) is 5.06. The average molecular weight is 505 g/mol. The van der Waals surface area contributed by atoms with Crippen molar-refractivity contribution in [2.75, 3.05) is 0 Å². The highest BCUT2D eigenvalue weighted by molar-refractivity contribution is 9.10. The molecule has 0 bridgehead atoms. The maximum absolute atomic E-state index is 5.03. The molecule has 0 atom stereocenters. The summed E-state index contributed by atoms with van der Waals surface area (Å²) in [6.07, 6.45) is 2.01. The number of aromatic nitrogens is 3. The van der Waals surface area contributed by atoms with Crippen molar-refractivity contribution in [1.29, 1.82) is 0 Å². The minimum atomic E-state index is 0.850. The monoisotopic (exact) mass is 503 g/mol. The lowest BCUT2D eigenvalue weighted by atomic mass is 9.94. The predicted octanol–water partition coefficient (Wildman–Crippen LogP) is 5.68. The van der Waals surface area contributed by atoms with Crippen LogP contribution in [-0.4, -0.2) is 22.8 Å². The summed E-state index contributed by atoms with van der Waals surface area (Å²) in [5.74, 6) is 0.850. The van der Waals surface area contributed by atoms with Crippen LogP contribution in [-0.2, 0) is 0 Å². The largest absolute Gasteiger partial charge is 0.360 e. The highest BCUT2D eigenvalue weighted by Gasteiger charge is 2.17. The number of nitrogens with one attached hydrogen (secondary N) is 2. The Bertz CT molecular complexity index is 1260. The van der Waals surface area contributed by atoms with E-state index in [-0.39, 0.29) is 0 Å². The molecule has 0 spiro atoms. The Morgan fingerprint density at radius 3 is 2.24 bits per heavy atom. The Labute approximate surface area is 186 Å². The van der Waals surface area contributed by atoms with Crippen molar-refractivity contribution in [1.82, 2.24) is 15.0 Å². The van der Waals surface area contributed by atoms with Crippen molar-refractivity contribution in [3.8, 4) is 33.9 Å². The third-order valence-corrected chi connectivity index (χ3v) is 6.08. The van der Waals surface area contributed by atoms with Gasteiger partial charge in [0.1, 0.15) is 13.7 Å². The van der Waals surface area contributed by atoms with Crippen LogP contribution in [0.15, 0.2) is 81.9 Å². The minimum Gasteiger partial charge on any atom is -0.360 e. The van der Waals surface area contributed by atoms with Gasteiger partial charge in [-0.25, -0.2) is 4.98 Å². The molecule has 3 nitrogen and oxygen atoms in total. The molecule has 3 aromatic carbocycles. The number of benzene rings is 3. The van der Waals surface area contributed by atoms with Crippen molar-refractivity contribution in [2.24, 2.45) is 0 Å². The molecule has 0 radical (unpaired) electrons. The topological polar surface area (TPSA) is 44.5 Å². The lowest BCUT2D eigenvalue weighted by Gasteiger charge is -2.04. The zero-order valence-electron chi connectivity index (χ0n) is 15.6. The van der Waals surface area contributed by atoms with Crippen LogP contribution >= 0.6 is 31.9 Å². The molecule has 5 aromatic rings. The number of aromatic amines is 2. The van der Waals surface area contributed by atoms with Gasteiger partial charge in [0, 0.05) is 42.7 Å². The second-order valence-electron chi connectivity index (χ2n) is 7.07. The van der Waals surface area contributed by atoms with Gasteiger partial charge in [-0.05, 0) is 30.3 Å². The van der Waals surface area contributed by atoms with Gasteiger partial charge in [0.2, 0.25) is 0 Å². The van der Waals surface area contributed by atoms with Gasteiger partial charge in [-0.3, -0.25) is 0 Å². The summed E-state index contributed by atoms with van der Waals surface area (Å²) in [6.45, 7) is 0. The van der Waals surface area contributed by atoms with Crippen LogP contribution in [0.25, 0.3) is 44.8 Å². The summed E-state index contributed by atoms with van der Waals surface area (Å²) in [5, 5.41) is 1.13. The van der Waals surface area contributed by atoms with E-state index in [2.05, 4.69) is 110 Å². The smallest absolute Gasteiger partial charge is 0.140 e. The van der Waals surface area contributed by atoms with E-state index in [1.807, 2.05) is 12.3 Å². The molecule has 0 amide bonds. The molecule has 0 aliphatic carbocycles. The predicted molar refractivity (Wildman–Crippen MR) is 130 cm³/mol. The first kappa shape index (κ1) is 18.5. The number of hydrogen-bond donors (Lipinski definition) is 2. The van der Waals surface area contributed by atoms with Crippen LogP contribution in [0.5, 0.6) is 0 Å². The Morgan fingerprint density at radius 2 is 1.48 bits per heavy atom. The molecule has 140 valence electrons. The SMILES string of the molecule is Bc1ccc(-c2nc(-c3c[nH]c4ccc(Br)cc34)[nH]c2-c2ccc(Br)cc2)cc1. The lowest BCUT2D eigenvalue weighted by Crippen LogP contribution is -1.99. The molecule has 0 saturated heterocycles. The Hall–Kier alpha value is -2.57. The third kappa shape index (κ3) is 3.47. The highest BCUT2D eigenvalue weighted by Crippen LogP contribution is 2.36. The number of halogens is 2. The number of rotatable bonds is 3. The number of fused-ring (bicyclic) bond motifs is 1. The van der Waals surface area contributed by atoms with E-state index in [0.717, 1.165) is 53.8 Å². The summed E-state index contributed by atoms with van der Waals surface area (Å²) < 4.78 is 2.10. The molecule has 2 aromatic heterocycles. The van der Waals surface area contributed by atoms with E-state index < -0.39 is 0 Å². The molecular formula is C23H16BBr2N3. The van der Waals surface area contributed by atoms with E-state index in [1.165, 1.54) is 5.46 Å². The van der Waals surface area contributed by atoms with Gasteiger partial charge in [-0.15, -0.1) is 0 Å². The fraction of sp³-hybridized carbons (Fsp3) is 0. The van der Waals surface area contributed by atoms with Crippen molar-refractivity contribution in [2.45, 2.75) is 0 Å². The molecule has 0 saturated carbocycles. The Morgan fingerprint density at radius 1 is 0.793 bits per heavy atom. The highest BCUT2D eigenvalue weighted by atomic mass is 79.9. The van der Waals surface area contributed by atoms with Crippen LogP contribution < -0.4 is 5.46 Å². The van der Waals surface area contributed by atoms with Gasteiger partial charge in [-0.2, -0.15) is 0 Å². The second-order valence-corrected chi connectivity index (χ2v) is 8.91. The summed E-state index contributed by atoms with van der Waals surface area (Å²) in [5.41, 5.74) is 7.53. The molecule has 2 heterocycles. The zero-order chi connectivity index (χ0) is 20.0. The number of imidazole rings is 1. The summed E-state index contributed by atoms with van der Waals surface area (Å²) in [4.78, 5) is 12.0. The van der Waals surface area contributed by atoms with E-state index >= 15 is 0 Å². The maximum Gasteiger partial charge on any atom is 0.140 e. The van der Waals surface area contributed by atoms with Crippen LogP contribution in [0.1, 0.15) is 0 Å². The van der Waals surface area contributed by atoms with Crippen LogP contribution in [0.4, 0.5) is 0 Å². The quantitative estimate of drug-likeness (QED) is 0.305. The van der Waals surface area contributed by atoms with E-state index in [4.69, 9.17) is 4.98 Å². The fourth-order valence-corrected chi connectivity index (χ4v) is 4.16. The molecule has 0 unspecified atom stereocenters. The summed E-state index contributed by atoms with van der Waals surface area (Å²) in [6, 6.07) is 23.0. The summed E-state index contributed by atoms with van der Waals surface area (Å²) >= 11 is 7.11. The number of H-pyrrole nitrogens is 2. The van der Waals surface area contributed by atoms with Gasteiger partial charge in [0.15, 0.2) is 0 Å². The van der Waals surface area contributed by atoms with Crippen molar-refractivity contribution in [3.63, 3.8) is 0 Å². The second kappa shape index (κ2) is 7.36. The molecule has 5 rings (SSSR count). The molecule has 0 aliphatic heterocycles. The van der Waals surface area contributed by atoms with Gasteiger partial charge in [0.25, 0.3) is 0 Å². The van der Waals surface area contributed by atoms with Crippen LogP contribution in [0.2, 0.25) is 0 Å². The van der Waals surface area contributed by atoms with E-state index in [0.29, 0.717) is 0 Å². The zero-order valence-corrected chi connectivity index (χ0v) is 18.8. The van der Waals surface area contributed by atoms with Crippen molar-refractivity contribution in [3.05, 3.63) is 81.9 Å². The van der Waals surface area contributed by atoms with Gasteiger partial charge in [0.05, 0.1) is 11.4 Å². The normalized spacial score (nSPS) is 11.2. The molecule has 6 heteroatoms. The Kier molecular flexibility index (Phi) is 4.68. The molecule has 0 fully saturated rings. The first-order valence-electron chi connectivity index (χ1n) is 9.28. The van der Waals surface area contributed by atoms with Gasteiger partial charge < -0.3 is 9.97 Å². The van der Waals surface area contributed by atoms with Gasteiger partial charge in [-0.1, -0.05) is 73.7 Å². The van der Waals surface area contributed by atoms with Gasteiger partial charge >= 0.3 is 0 Å². The Balaban J connectivity index is 1.73. The molecule has 0 aliphatic rings. The molecule has 29 heavy (non-hydrogen) atoms. The van der Waals surface area contributed by atoms with Crippen LogP contribution in [0.3, 0.4) is 0 Å². The number of hydrogen-bond acceptors (Lipinski definition) is 1. The minimum absolute atomic E-state index is 0.850. The van der Waals surface area contributed by atoms with Crippen molar-refractivity contribution >= 4 is 56.1 Å². The summed E-state index contributed by atoms with van der Waals surface area (Å²) in [7, 11) is 2.10. The number of nitrogens with zero attached hydrogens (tertiary/aromatic N) is 1. The fourth-order valence-electron chi connectivity index (χ4n) is 3.54. The maximum atomic E-state index is 5.03. The first-order chi connectivity index (χ1) is 14.1. The molecule has 2 N–H and O–H groups in total. The standard InChI is InChI=1S/C23H16BBr2N3/c24-15-5-1-13(2-6-15)21-22(14-3-7-16(25)8-4-14)29-23(28-21)19-12-27-20-10-9-17(26)11-18(19)20/h1-12,27H,24H2,(H,28,29). The van der Waals surface area contributed by atoms with Crippen LogP contribution in [0, 0.1) is 0 Å². The average Bonchev–Trinajstić information content (AvgIpc) is 3.33. The molecular weight excluding hydrogens is 489 g/mol.